The molecule has 9 heteroatoms. The van der Waals surface area contributed by atoms with Gasteiger partial charge in [0.05, 0.1) is 35.9 Å². The van der Waals surface area contributed by atoms with E-state index in [0.29, 0.717) is 22.1 Å². The Hall–Kier alpha value is -1.90. The van der Waals surface area contributed by atoms with Crippen LogP contribution in [0.2, 0.25) is 5.02 Å². The molecule has 0 spiro atoms. The van der Waals surface area contributed by atoms with E-state index in [1.165, 1.54) is 12.0 Å². The van der Waals surface area contributed by atoms with Crippen molar-refractivity contribution in [2.45, 2.75) is 16.1 Å². The van der Waals surface area contributed by atoms with E-state index in [0.717, 1.165) is 6.42 Å². The number of rotatable bonds is 4. The van der Waals surface area contributed by atoms with Gasteiger partial charge in [-0.25, -0.2) is 4.90 Å². The number of amides is 3. The van der Waals surface area contributed by atoms with Crippen LogP contribution in [-0.4, -0.2) is 34.5 Å². The molecule has 3 aliphatic rings. The van der Waals surface area contributed by atoms with Crippen LogP contribution in [0.3, 0.4) is 0 Å². The summed E-state index contributed by atoms with van der Waals surface area (Å²) < 4.78 is 5.30. The van der Waals surface area contributed by atoms with Crippen molar-refractivity contribution in [1.82, 2.24) is 0 Å². The van der Waals surface area contributed by atoms with Gasteiger partial charge in [0.25, 0.3) is 5.91 Å². The lowest BCUT2D eigenvalue weighted by molar-refractivity contribution is -0.123. The van der Waals surface area contributed by atoms with E-state index < -0.39 is 5.91 Å². The average Bonchev–Trinajstić information content (AvgIpc) is 3.39. The molecule has 1 saturated heterocycles. The fourth-order valence-corrected chi connectivity index (χ4v) is 7.46. The summed E-state index contributed by atoms with van der Waals surface area (Å²) in [4.78, 5) is 41.6. The zero-order valence-corrected chi connectivity index (χ0v) is 20.9. The van der Waals surface area contributed by atoms with Crippen LogP contribution in [-0.2, 0) is 9.59 Å². The molecule has 2 bridgehead atoms. The molecule has 2 aromatic carbocycles. The quantitative estimate of drug-likeness (QED) is 0.412. The second-order valence-electron chi connectivity index (χ2n) is 8.33. The normalized spacial score (nSPS) is 30.6. The number of hydrogen-bond acceptors (Lipinski definition) is 4. The predicted octanol–water partition coefficient (Wildman–Crippen LogP) is 4.88. The summed E-state index contributed by atoms with van der Waals surface area (Å²) in [6.07, 6.45) is 0.850. The van der Waals surface area contributed by atoms with Gasteiger partial charge in [-0.05, 0) is 48.6 Å². The number of ether oxygens (including phenoxy) is 1. The highest BCUT2D eigenvalue weighted by Gasteiger charge is 2.66. The second-order valence-corrected chi connectivity index (χ2v) is 10.9. The van der Waals surface area contributed by atoms with Crippen molar-refractivity contribution in [3.63, 3.8) is 0 Å². The number of fused-ring (bicyclic) bond motifs is 5. The van der Waals surface area contributed by atoms with Crippen LogP contribution in [0.4, 0.5) is 11.4 Å². The Balaban J connectivity index is 1.48. The van der Waals surface area contributed by atoms with E-state index in [9.17, 15) is 14.4 Å². The zero-order valence-electron chi connectivity index (χ0n) is 16.9. The lowest BCUT2D eigenvalue weighted by atomic mass is 9.81. The maximum atomic E-state index is 13.4. The van der Waals surface area contributed by atoms with Crippen LogP contribution in [0.25, 0.3) is 0 Å². The molecule has 3 amide bonds. The van der Waals surface area contributed by atoms with Gasteiger partial charge in [0.1, 0.15) is 5.75 Å². The minimum Gasteiger partial charge on any atom is -0.495 e. The predicted molar refractivity (Wildman–Crippen MR) is 129 cm³/mol. The molecule has 2 aliphatic carbocycles. The monoisotopic (exact) mass is 580 g/mol. The molecule has 0 radical (unpaired) electrons. The number of carbonyl (C=O) groups excluding carboxylic acids is 3. The van der Waals surface area contributed by atoms with Gasteiger partial charge in [0.15, 0.2) is 0 Å². The number of hydrogen-bond donors (Lipinski definition) is 1. The van der Waals surface area contributed by atoms with Crippen LogP contribution in [0, 0.1) is 23.7 Å². The number of benzene rings is 2. The molecule has 2 saturated carbocycles. The highest BCUT2D eigenvalue weighted by Crippen LogP contribution is 2.60. The molecule has 6 nitrogen and oxygen atoms in total. The SMILES string of the molecule is COc1ccc(Cl)cc1NC(=O)c1ccccc1N1C(=O)[C@@H]2[C@H]3C[C@@H]([C@H](Br)[C@H]3Br)[C@H]2C1=O. The molecule has 1 aliphatic heterocycles. The summed E-state index contributed by atoms with van der Waals surface area (Å²) in [7, 11) is 1.50. The van der Waals surface area contributed by atoms with Gasteiger partial charge in [-0.15, -0.1) is 0 Å². The molecule has 5 rings (SSSR count). The molecule has 0 unspecified atom stereocenters. The molecule has 3 fully saturated rings. The summed E-state index contributed by atoms with van der Waals surface area (Å²) in [5.74, 6) is -0.955. The molecule has 0 aromatic heterocycles. The van der Waals surface area contributed by atoms with E-state index in [1.807, 2.05) is 0 Å². The zero-order chi connectivity index (χ0) is 22.7. The molecule has 1 heterocycles. The third kappa shape index (κ3) is 3.22. The van der Waals surface area contributed by atoms with Crippen LogP contribution in [0.5, 0.6) is 5.75 Å². The standard InChI is InChI=1S/C23H19Br2ClN2O4/c1-32-16-7-6-10(26)8-14(16)27-21(29)11-4-2-3-5-15(11)28-22(30)17-12-9-13(18(17)23(28)31)20(25)19(12)24/h2-8,12-13,17-20H,9H2,1H3,(H,27,29)/t12-,13-,17-,18-,19+,20+/m1/s1. The van der Waals surface area contributed by atoms with Gasteiger partial charge in [0, 0.05) is 14.7 Å². The van der Waals surface area contributed by atoms with E-state index in [-0.39, 0.29) is 50.7 Å². The number of nitrogens with one attached hydrogen (secondary N) is 1. The van der Waals surface area contributed by atoms with Crippen molar-refractivity contribution in [1.29, 1.82) is 0 Å². The summed E-state index contributed by atoms with van der Waals surface area (Å²) in [6, 6.07) is 11.6. The van der Waals surface area contributed by atoms with Gasteiger partial charge in [0.2, 0.25) is 11.8 Å². The maximum Gasteiger partial charge on any atom is 0.257 e. The van der Waals surface area contributed by atoms with E-state index in [2.05, 4.69) is 37.2 Å². The number of anilines is 2. The fourth-order valence-electron chi connectivity index (χ4n) is 5.41. The number of para-hydroxylation sites is 1. The maximum absolute atomic E-state index is 13.4. The van der Waals surface area contributed by atoms with Crippen LogP contribution < -0.4 is 15.0 Å². The Bertz CT molecular complexity index is 1110. The molecule has 2 aromatic rings. The highest BCUT2D eigenvalue weighted by molar-refractivity contribution is 9.12. The van der Waals surface area contributed by atoms with Crippen molar-refractivity contribution in [2.24, 2.45) is 23.7 Å². The molecular formula is C23H19Br2ClN2O4. The molecule has 1 N–H and O–H groups in total. The number of nitrogens with zero attached hydrogens (tertiary/aromatic N) is 1. The number of imide groups is 1. The van der Waals surface area contributed by atoms with Gasteiger partial charge >= 0.3 is 0 Å². The lowest BCUT2D eigenvalue weighted by Crippen LogP contribution is -2.37. The Morgan fingerprint density at radius 2 is 1.69 bits per heavy atom. The molecule has 32 heavy (non-hydrogen) atoms. The van der Waals surface area contributed by atoms with Crippen molar-refractivity contribution in [3.05, 3.63) is 53.1 Å². The van der Waals surface area contributed by atoms with Crippen LogP contribution in [0.15, 0.2) is 42.5 Å². The van der Waals surface area contributed by atoms with Gasteiger partial charge < -0.3 is 10.1 Å². The van der Waals surface area contributed by atoms with Crippen LogP contribution in [0.1, 0.15) is 16.8 Å². The van der Waals surface area contributed by atoms with Crippen molar-refractivity contribution < 1.29 is 19.1 Å². The number of halogens is 3. The third-order valence-corrected chi connectivity index (χ3v) is 10.2. The summed E-state index contributed by atoms with van der Waals surface area (Å²) >= 11 is 13.5. The smallest absolute Gasteiger partial charge is 0.257 e. The Kier molecular flexibility index (Phi) is 5.58. The van der Waals surface area contributed by atoms with Crippen molar-refractivity contribution in [2.75, 3.05) is 17.3 Å². The first-order chi connectivity index (χ1) is 15.3. The number of carbonyl (C=O) groups is 3. The summed E-state index contributed by atoms with van der Waals surface area (Å²) in [5, 5.41) is 3.23. The minimum atomic E-state index is -0.460. The van der Waals surface area contributed by atoms with Gasteiger partial charge in [-0.3, -0.25) is 14.4 Å². The molecular weight excluding hydrogens is 564 g/mol. The second kappa shape index (κ2) is 8.15. The summed E-state index contributed by atoms with van der Waals surface area (Å²) in [5.41, 5.74) is 0.930. The first-order valence-electron chi connectivity index (χ1n) is 10.2. The highest BCUT2D eigenvalue weighted by atomic mass is 79.9. The Morgan fingerprint density at radius 1 is 1.06 bits per heavy atom. The average molecular weight is 583 g/mol. The molecule has 6 atom stereocenters. The first kappa shape index (κ1) is 21.9. The topological polar surface area (TPSA) is 75.7 Å². The third-order valence-electron chi connectivity index (χ3n) is 6.79. The van der Waals surface area contributed by atoms with E-state index in [1.54, 1.807) is 42.5 Å². The first-order valence-corrected chi connectivity index (χ1v) is 12.4. The Morgan fingerprint density at radius 3 is 2.31 bits per heavy atom. The van der Waals surface area contributed by atoms with Gasteiger partial charge in [-0.1, -0.05) is 55.6 Å². The van der Waals surface area contributed by atoms with E-state index >= 15 is 0 Å². The number of methoxy groups -OCH3 is 1. The van der Waals surface area contributed by atoms with E-state index in [4.69, 9.17) is 16.3 Å². The lowest BCUT2D eigenvalue weighted by Gasteiger charge is -2.28. The Labute approximate surface area is 206 Å². The largest absolute Gasteiger partial charge is 0.495 e. The van der Waals surface area contributed by atoms with Crippen LogP contribution >= 0.6 is 43.5 Å². The number of alkyl halides is 2. The molecule has 166 valence electrons. The van der Waals surface area contributed by atoms with Gasteiger partial charge in [-0.2, -0.15) is 0 Å². The summed E-state index contributed by atoms with van der Waals surface area (Å²) in [6.45, 7) is 0. The van der Waals surface area contributed by atoms with Crippen molar-refractivity contribution >= 4 is 72.6 Å². The minimum absolute atomic E-state index is 0.104. The van der Waals surface area contributed by atoms with Crippen molar-refractivity contribution in [3.8, 4) is 5.75 Å². The fraction of sp³-hybridized carbons (Fsp3) is 0.348.